The number of benzene rings is 1. The van der Waals surface area contributed by atoms with E-state index in [1.54, 1.807) is 11.3 Å². The molecule has 0 spiro atoms. The molecule has 0 aliphatic heterocycles. The molecular formula is C13H13BrOS. The average molecular weight is 297 g/mol. The molecule has 0 bridgehead atoms. The topological polar surface area (TPSA) is 20.2 Å². The Hall–Kier alpha value is -0.640. The molecule has 1 atom stereocenters. The van der Waals surface area contributed by atoms with Gasteiger partial charge in [-0.3, -0.25) is 0 Å². The highest BCUT2D eigenvalue weighted by Crippen LogP contribution is 2.29. The van der Waals surface area contributed by atoms with Crippen LogP contribution in [-0.2, 0) is 6.42 Å². The maximum atomic E-state index is 10.1. The van der Waals surface area contributed by atoms with Gasteiger partial charge in [-0.2, -0.15) is 0 Å². The molecule has 1 unspecified atom stereocenters. The second-order valence-electron chi connectivity index (χ2n) is 3.79. The lowest BCUT2D eigenvalue weighted by atomic mass is 10.0. The van der Waals surface area contributed by atoms with Gasteiger partial charge >= 0.3 is 0 Å². The summed E-state index contributed by atoms with van der Waals surface area (Å²) in [6, 6.07) is 12.1. The number of rotatable bonds is 3. The molecule has 0 fully saturated rings. The summed E-state index contributed by atoms with van der Waals surface area (Å²) in [6.45, 7) is 2.08. The Morgan fingerprint density at radius 3 is 2.62 bits per heavy atom. The van der Waals surface area contributed by atoms with Crippen molar-refractivity contribution in [2.75, 3.05) is 0 Å². The summed E-state index contributed by atoms with van der Waals surface area (Å²) in [6.07, 6.45) is 0.275. The van der Waals surface area contributed by atoms with E-state index < -0.39 is 6.10 Å². The standard InChI is InChI=1S/C13H13BrOS/c1-9-4-2-3-5-10(9)8-11(15)12-6-7-13(14)16-12/h2-7,11,15H,8H2,1H3. The highest BCUT2D eigenvalue weighted by Gasteiger charge is 2.11. The van der Waals surface area contributed by atoms with Gasteiger partial charge in [0.25, 0.3) is 0 Å². The number of hydrogen-bond donors (Lipinski definition) is 1. The number of hydrogen-bond acceptors (Lipinski definition) is 2. The minimum Gasteiger partial charge on any atom is -0.387 e. The monoisotopic (exact) mass is 296 g/mol. The zero-order valence-corrected chi connectivity index (χ0v) is 11.4. The largest absolute Gasteiger partial charge is 0.387 e. The normalized spacial score (nSPS) is 12.7. The lowest BCUT2D eigenvalue weighted by molar-refractivity contribution is 0.182. The van der Waals surface area contributed by atoms with Crippen LogP contribution in [0, 0.1) is 6.92 Å². The molecule has 0 aliphatic rings. The highest BCUT2D eigenvalue weighted by molar-refractivity contribution is 9.11. The second kappa shape index (κ2) is 5.13. The van der Waals surface area contributed by atoms with Crippen molar-refractivity contribution >= 4 is 27.3 Å². The Labute approximate surface area is 108 Å². The van der Waals surface area contributed by atoms with Gasteiger partial charge in [-0.25, -0.2) is 0 Å². The van der Waals surface area contributed by atoms with Crippen LogP contribution in [0.2, 0.25) is 0 Å². The molecule has 0 radical (unpaired) electrons. The van der Waals surface area contributed by atoms with E-state index in [-0.39, 0.29) is 0 Å². The summed E-state index contributed by atoms with van der Waals surface area (Å²) in [4.78, 5) is 1.01. The Kier molecular flexibility index (Phi) is 3.79. The Morgan fingerprint density at radius 1 is 1.25 bits per heavy atom. The minimum atomic E-state index is -0.405. The minimum absolute atomic E-state index is 0.405. The molecule has 0 saturated heterocycles. The van der Waals surface area contributed by atoms with Crippen LogP contribution in [0.1, 0.15) is 22.1 Å². The number of aliphatic hydroxyl groups excluding tert-OH is 1. The van der Waals surface area contributed by atoms with Crippen LogP contribution in [0.25, 0.3) is 0 Å². The van der Waals surface area contributed by atoms with E-state index in [1.165, 1.54) is 11.1 Å². The van der Waals surface area contributed by atoms with E-state index in [0.29, 0.717) is 6.42 Å². The van der Waals surface area contributed by atoms with Gasteiger partial charge in [0, 0.05) is 11.3 Å². The highest BCUT2D eigenvalue weighted by atomic mass is 79.9. The molecule has 1 aromatic heterocycles. The van der Waals surface area contributed by atoms with Crippen molar-refractivity contribution in [2.24, 2.45) is 0 Å². The van der Waals surface area contributed by atoms with Crippen molar-refractivity contribution < 1.29 is 5.11 Å². The van der Waals surface area contributed by atoms with Crippen LogP contribution < -0.4 is 0 Å². The van der Waals surface area contributed by atoms with Crippen molar-refractivity contribution in [3.05, 3.63) is 56.2 Å². The molecule has 3 heteroatoms. The molecule has 2 aromatic rings. The van der Waals surface area contributed by atoms with Crippen molar-refractivity contribution in [1.29, 1.82) is 0 Å². The van der Waals surface area contributed by atoms with Crippen molar-refractivity contribution in [3.63, 3.8) is 0 Å². The van der Waals surface area contributed by atoms with Crippen molar-refractivity contribution in [3.8, 4) is 0 Å². The van der Waals surface area contributed by atoms with E-state index >= 15 is 0 Å². The number of halogens is 1. The summed E-state index contributed by atoms with van der Waals surface area (Å²) in [5.74, 6) is 0. The molecule has 1 N–H and O–H groups in total. The summed E-state index contributed by atoms with van der Waals surface area (Å²) >= 11 is 5.00. The van der Waals surface area contributed by atoms with Gasteiger partial charge in [0.15, 0.2) is 0 Å². The van der Waals surface area contributed by atoms with Crippen LogP contribution >= 0.6 is 27.3 Å². The van der Waals surface area contributed by atoms with E-state index in [1.807, 2.05) is 24.3 Å². The number of aliphatic hydroxyl groups is 1. The summed E-state index contributed by atoms with van der Waals surface area (Å²) < 4.78 is 1.06. The summed E-state index contributed by atoms with van der Waals surface area (Å²) in [5.41, 5.74) is 2.44. The maximum absolute atomic E-state index is 10.1. The summed E-state index contributed by atoms with van der Waals surface area (Å²) in [7, 11) is 0. The molecule has 1 aromatic carbocycles. The second-order valence-corrected chi connectivity index (χ2v) is 6.28. The lowest BCUT2D eigenvalue weighted by Gasteiger charge is -2.10. The molecule has 0 aliphatic carbocycles. The third-order valence-electron chi connectivity index (χ3n) is 2.60. The molecule has 1 heterocycles. The molecule has 2 rings (SSSR count). The number of aryl methyl sites for hydroxylation is 1. The smallest absolute Gasteiger partial charge is 0.0922 e. The van der Waals surface area contributed by atoms with Gasteiger partial charge in [-0.05, 0) is 46.1 Å². The molecule has 84 valence electrons. The Balaban J connectivity index is 2.13. The maximum Gasteiger partial charge on any atom is 0.0922 e. The SMILES string of the molecule is Cc1ccccc1CC(O)c1ccc(Br)s1. The third kappa shape index (κ3) is 2.73. The molecule has 0 saturated carbocycles. The van der Waals surface area contributed by atoms with Gasteiger partial charge in [-0.15, -0.1) is 11.3 Å². The lowest BCUT2D eigenvalue weighted by Crippen LogP contribution is -2.00. The van der Waals surface area contributed by atoms with Gasteiger partial charge in [-0.1, -0.05) is 24.3 Å². The van der Waals surface area contributed by atoms with Crippen LogP contribution in [0.15, 0.2) is 40.2 Å². The van der Waals surface area contributed by atoms with Crippen LogP contribution in [0.5, 0.6) is 0 Å². The predicted octanol–water partition coefficient (Wildman–Crippen LogP) is 4.10. The van der Waals surface area contributed by atoms with Crippen molar-refractivity contribution in [2.45, 2.75) is 19.4 Å². The first-order chi connectivity index (χ1) is 7.66. The third-order valence-corrected chi connectivity index (χ3v) is 4.32. The van der Waals surface area contributed by atoms with E-state index in [2.05, 4.69) is 35.0 Å². The first-order valence-corrected chi connectivity index (χ1v) is 6.75. The zero-order valence-electron chi connectivity index (χ0n) is 8.98. The fraction of sp³-hybridized carbons (Fsp3) is 0.231. The van der Waals surface area contributed by atoms with Crippen LogP contribution in [0.3, 0.4) is 0 Å². The summed E-state index contributed by atoms with van der Waals surface area (Å²) in [5, 5.41) is 10.1. The van der Waals surface area contributed by atoms with E-state index in [0.717, 1.165) is 8.66 Å². The molecule has 1 nitrogen and oxygen atoms in total. The fourth-order valence-electron chi connectivity index (χ4n) is 1.66. The van der Waals surface area contributed by atoms with Crippen LogP contribution in [0.4, 0.5) is 0 Å². The molecule has 0 amide bonds. The molecular weight excluding hydrogens is 284 g/mol. The zero-order chi connectivity index (χ0) is 11.5. The predicted molar refractivity (Wildman–Crippen MR) is 71.9 cm³/mol. The van der Waals surface area contributed by atoms with Gasteiger partial charge < -0.3 is 5.11 Å². The molecule has 16 heavy (non-hydrogen) atoms. The van der Waals surface area contributed by atoms with E-state index in [9.17, 15) is 5.11 Å². The van der Waals surface area contributed by atoms with Gasteiger partial charge in [0.2, 0.25) is 0 Å². The van der Waals surface area contributed by atoms with Crippen LogP contribution in [-0.4, -0.2) is 5.11 Å². The van der Waals surface area contributed by atoms with Crippen molar-refractivity contribution in [1.82, 2.24) is 0 Å². The average Bonchev–Trinajstić information content (AvgIpc) is 2.68. The van der Waals surface area contributed by atoms with Gasteiger partial charge in [0.05, 0.1) is 9.89 Å². The first kappa shape index (κ1) is 11.8. The first-order valence-electron chi connectivity index (χ1n) is 5.14. The van der Waals surface area contributed by atoms with Gasteiger partial charge in [0.1, 0.15) is 0 Å². The Bertz CT molecular complexity index is 478. The fourth-order valence-corrected chi connectivity index (χ4v) is 3.06. The quantitative estimate of drug-likeness (QED) is 0.904. The van der Waals surface area contributed by atoms with E-state index in [4.69, 9.17) is 0 Å². The number of thiophene rings is 1. The Morgan fingerprint density at radius 2 is 2.00 bits per heavy atom.